The van der Waals surface area contributed by atoms with Crippen LogP contribution in [0.1, 0.15) is 15.9 Å². The van der Waals surface area contributed by atoms with Gasteiger partial charge >= 0.3 is 0 Å². The molecule has 0 unspecified atom stereocenters. The molecule has 0 aliphatic rings. The first kappa shape index (κ1) is 21.3. The number of hydrogen-bond acceptors (Lipinski definition) is 5. The summed E-state index contributed by atoms with van der Waals surface area (Å²) < 4.78 is 12.0. The summed E-state index contributed by atoms with van der Waals surface area (Å²) in [5.41, 5.74) is 4.13. The van der Waals surface area contributed by atoms with Crippen LogP contribution in [0, 0.1) is 6.92 Å². The monoisotopic (exact) mass is 544 g/mol. The fraction of sp³-hybridized carbons (Fsp3) is 0.136. The number of amides is 1. The van der Waals surface area contributed by atoms with Gasteiger partial charge in [0, 0.05) is 10.2 Å². The van der Waals surface area contributed by atoms with Crippen LogP contribution >= 0.6 is 31.9 Å². The zero-order valence-corrected chi connectivity index (χ0v) is 20.1. The number of carbonyl (C=O) groups is 1. The maximum Gasteiger partial charge on any atom is 0.259 e. The smallest absolute Gasteiger partial charge is 0.259 e. The number of aromatic nitrogens is 3. The Morgan fingerprint density at radius 2 is 1.65 bits per heavy atom. The zero-order chi connectivity index (χ0) is 22.1. The number of benzene rings is 3. The maximum atomic E-state index is 13.0. The Morgan fingerprint density at radius 3 is 2.29 bits per heavy atom. The maximum absolute atomic E-state index is 13.0. The van der Waals surface area contributed by atoms with Gasteiger partial charge in [-0.15, -0.1) is 10.2 Å². The van der Waals surface area contributed by atoms with Crippen molar-refractivity contribution in [3.8, 4) is 17.2 Å². The molecule has 0 atom stereocenters. The van der Waals surface area contributed by atoms with E-state index in [0.29, 0.717) is 27.0 Å². The van der Waals surface area contributed by atoms with E-state index in [-0.39, 0.29) is 5.91 Å². The van der Waals surface area contributed by atoms with Crippen LogP contribution in [0.5, 0.6) is 11.5 Å². The minimum Gasteiger partial charge on any atom is -0.497 e. The number of nitrogens with zero attached hydrogens (tertiary/aromatic N) is 3. The highest BCUT2D eigenvalue weighted by molar-refractivity contribution is 9.11. The molecular formula is C22H18Br2N4O3. The Hall–Kier alpha value is -2.91. The summed E-state index contributed by atoms with van der Waals surface area (Å²) >= 11 is 6.85. The minimum absolute atomic E-state index is 0.288. The predicted octanol–water partition coefficient (Wildman–Crippen LogP) is 5.52. The average Bonchev–Trinajstić information content (AvgIpc) is 3.16. The lowest BCUT2D eigenvalue weighted by molar-refractivity contribution is 0.102. The number of hydrogen-bond donors (Lipinski definition) is 1. The molecule has 4 aromatic rings. The third-order valence-electron chi connectivity index (χ3n) is 4.74. The SMILES string of the molecule is COc1ccc(-n2nc3cc(C)c(NC(=O)c4cc(Br)cc(Br)c4OC)cc3n2)cc1. The van der Waals surface area contributed by atoms with Crippen molar-refractivity contribution >= 4 is 54.5 Å². The third kappa shape index (κ3) is 4.28. The fourth-order valence-corrected chi connectivity index (χ4v) is 4.55. The summed E-state index contributed by atoms with van der Waals surface area (Å²) in [7, 11) is 3.15. The molecule has 31 heavy (non-hydrogen) atoms. The van der Waals surface area contributed by atoms with E-state index in [1.54, 1.807) is 18.0 Å². The summed E-state index contributed by atoms with van der Waals surface area (Å²) in [6, 6.07) is 14.7. The number of anilines is 1. The van der Waals surface area contributed by atoms with Gasteiger partial charge in [-0.25, -0.2) is 0 Å². The molecule has 7 nitrogen and oxygen atoms in total. The van der Waals surface area contributed by atoms with E-state index in [2.05, 4.69) is 47.4 Å². The van der Waals surface area contributed by atoms with Crippen molar-refractivity contribution < 1.29 is 14.3 Å². The van der Waals surface area contributed by atoms with Crippen LogP contribution in [-0.2, 0) is 0 Å². The van der Waals surface area contributed by atoms with Gasteiger partial charge in [-0.3, -0.25) is 4.79 Å². The van der Waals surface area contributed by atoms with Crippen molar-refractivity contribution in [2.45, 2.75) is 6.92 Å². The standard InChI is InChI=1S/C22H18Br2N4O3/c1-12-8-19-20(27-28(26-19)14-4-6-15(30-2)7-5-14)11-18(12)25-22(29)16-9-13(23)10-17(24)21(16)31-3/h4-11H,1-3H3,(H,25,29). The van der Waals surface area contributed by atoms with E-state index < -0.39 is 0 Å². The molecular weight excluding hydrogens is 528 g/mol. The summed E-state index contributed by atoms with van der Waals surface area (Å²) in [6.45, 7) is 1.91. The minimum atomic E-state index is -0.288. The average molecular weight is 546 g/mol. The van der Waals surface area contributed by atoms with Crippen molar-refractivity contribution in [3.05, 3.63) is 68.6 Å². The molecule has 1 N–H and O–H groups in total. The van der Waals surface area contributed by atoms with Crippen molar-refractivity contribution in [1.82, 2.24) is 15.0 Å². The van der Waals surface area contributed by atoms with Crippen molar-refractivity contribution in [1.29, 1.82) is 0 Å². The van der Waals surface area contributed by atoms with Crippen LogP contribution in [0.25, 0.3) is 16.7 Å². The van der Waals surface area contributed by atoms with Gasteiger partial charge in [0.15, 0.2) is 0 Å². The highest BCUT2D eigenvalue weighted by Gasteiger charge is 2.18. The number of methoxy groups -OCH3 is 2. The molecule has 0 aliphatic carbocycles. The summed E-state index contributed by atoms with van der Waals surface area (Å²) in [5.74, 6) is 0.935. The van der Waals surface area contributed by atoms with Gasteiger partial charge in [0.1, 0.15) is 22.5 Å². The van der Waals surface area contributed by atoms with Crippen LogP contribution in [0.3, 0.4) is 0 Å². The topological polar surface area (TPSA) is 78.3 Å². The second kappa shape index (κ2) is 8.68. The van der Waals surface area contributed by atoms with E-state index in [4.69, 9.17) is 9.47 Å². The summed E-state index contributed by atoms with van der Waals surface area (Å²) in [6.07, 6.45) is 0. The number of halogens is 2. The largest absolute Gasteiger partial charge is 0.497 e. The molecule has 9 heteroatoms. The first-order valence-electron chi connectivity index (χ1n) is 9.26. The lowest BCUT2D eigenvalue weighted by Crippen LogP contribution is -2.14. The Balaban J connectivity index is 1.67. The van der Waals surface area contributed by atoms with Crippen LogP contribution in [-0.4, -0.2) is 35.1 Å². The molecule has 1 aromatic heterocycles. The second-order valence-corrected chi connectivity index (χ2v) is 8.54. The van der Waals surface area contributed by atoms with Crippen molar-refractivity contribution in [2.24, 2.45) is 0 Å². The molecule has 0 radical (unpaired) electrons. The highest BCUT2D eigenvalue weighted by atomic mass is 79.9. The lowest BCUT2D eigenvalue weighted by atomic mass is 10.1. The zero-order valence-electron chi connectivity index (χ0n) is 16.9. The lowest BCUT2D eigenvalue weighted by Gasteiger charge is -2.13. The Bertz CT molecular complexity index is 1290. The number of aryl methyl sites for hydroxylation is 1. The molecule has 0 saturated carbocycles. The van der Waals surface area contributed by atoms with Gasteiger partial charge in [0.25, 0.3) is 5.91 Å². The second-order valence-electron chi connectivity index (χ2n) is 6.77. The number of ether oxygens (including phenoxy) is 2. The van der Waals surface area contributed by atoms with E-state index in [9.17, 15) is 4.79 Å². The predicted molar refractivity (Wildman–Crippen MR) is 127 cm³/mol. The number of nitrogens with one attached hydrogen (secondary N) is 1. The molecule has 1 amide bonds. The molecule has 4 rings (SSSR count). The van der Waals surface area contributed by atoms with E-state index in [0.717, 1.165) is 27.0 Å². The number of carbonyl (C=O) groups excluding carboxylic acids is 1. The summed E-state index contributed by atoms with van der Waals surface area (Å²) in [4.78, 5) is 14.5. The van der Waals surface area contributed by atoms with Crippen molar-refractivity contribution in [3.63, 3.8) is 0 Å². The van der Waals surface area contributed by atoms with Gasteiger partial charge < -0.3 is 14.8 Å². The van der Waals surface area contributed by atoms with E-state index in [1.807, 2.05) is 49.4 Å². The molecule has 0 spiro atoms. The molecule has 0 fully saturated rings. The van der Waals surface area contributed by atoms with Crippen LogP contribution in [0.15, 0.2) is 57.5 Å². The molecule has 158 valence electrons. The Labute approximate surface area is 195 Å². The number of rotatable bonds is 5. The number of fused-ring (bicyclic) bond motifs is 1. The van der Waals surface area contributed by atoms with Crippen molar-refractivity contribution in [2.75, 3.05) is 19.5 Å². The first-order chi connectivity index (χ1) is 14.9. The van der Waals surface area contributed by atoms with Crippen LogP contribution in [0.2, 0.25) is 0 Å². The van der Waals surface area contributed by atoms with E-state index in [1.165, 1.54) is 7.11 Å². The highest BCUT2D eigenvalue weighted by Crippen LogP contribution is 2.33. The molecule has 1 heterocycles. The third-order valence-corrected chi connectivity index (χ3v) is 5.78. The first-order valence-corrected chi connectivity index (χ1v) is 10.8. The Morgan fingerprint density at radius 1 is 0.968 bits per heavy atom. The Kier molecular flexibility index (Phi) is 5.97. The van der Waals surface area contributed by atoms with Crippen LogP contribution < -0.4 is 14.8 Å². The van der Waals surface area contributed by atoms with Gasteiger partial charge in [0.2, 0.25) is 0 Å². The molecule has 0 saturated heterocycles. The molecule has 0 aliphatic heterocycles. The molecule has 0 bridgehead atoms. The van der Waals surface area contributed by atoms with Gasteiger partial charge in [-0.05, 0) is 76.9 Å². The van der Waals surface area contributed by atoms with Gasteiger partial charge in [0.05, 0.1) is 29.9 Å². The van der Waals surface area contributed by atoms with E-state index >= 15 is 0 Å². The molecule has 3 aromatic carbocycles. The van der Waals surface area contributed by atoms with Gasteiger partial charge in [-0.1, -0.05) is 15.9 Å². The summed E-state index contributed by atoms with van der Waals surface area (Å²) in [5, 5.41) is 12.1. The normalized spacial score (nSPS) is 10.9. The van der Waals surface area contributed by atoms with Crippen LogP contribution in [0.4, 0.5) is 5.69 Å². The quantitative estimate of drug-likeness (QED) is 0.357. The fourth-order valence-electron chi connectivity index (χ4n) is 3.16. The van der Waals surface area contributed by atoms with Gasteiger partial charge in [-0.2, -0.15) is 4.80 Å².